The highest BCUT2D eigenvalue weighted by molar-refractivity contribution is 7.80. The van der Waals surface area contributed by atoms with Crippen molar-refractivity contribution in [1.82, 2.24) is 5.32 Å². The van der Waals surface area contributed by atoms with Crippen molar-refractivity contribution in [3.05, 3.63) is 28.8 Å². The van der Waals surface area contributed by atoms with Gasteiger partial charge in [-0.3, -0.25) is 0 Å². The predicted molar refractivity (Wildman–Crippen MR) is 70.7 cm³/mol. The highest BCUT2D eigenvalue weighted by Crippen LogP contribution is 2.22. The van der Waals surface area contributed by atoms with Crippen LogP contribution in [0.3, 0.4) is 0 Å². The fourth-order valence-corrected chi connectivity index (χ4v) is 1.62. The molecule has 0 radical (unpaired) electrons. The number of nitrogens with one attached hydrogen (secondary N) is 2. The Kier molecular flexibility index (Phi) is 4.53. The molecule has 0 aliphatic rings. The number of halogens is 1. The third-order valence-corrected chi connectivity index (χ3v) is 2.31. The molecule has 0 atom stereocenters. The van der Waals surface area contributed by atoms with E-state index >= 15 is 0 Å². The summed E-state index contributed by atoms with van der Waals surface area (Å²) in [6.45, 7) is 3.97. The molecule has 0 aliphatic carbocycles. The molecule has 0 amide bonds. The molecule has 0 aromatic heterocycles. The van der Waals surface area contributed by atoms with Crippen LogP contribution in [0.5, 0.6) is 0 Å². The van der Waals surface area contributed by atoms with Crippen LogP contribution in [-0.4, -0.2) is 11.2 Å². The van der Waals surface area contributed by atoms with E-state index in [4.69, 9.17) is 29.1 Å². The lowest BCUT2D eigenvalue weighted by atomic mass is 10.2. The zero-order chi connectivity index (χ0) is 12.1. The SMILES string of the molecule is CC(C)NC(=S)Nc1cc(C#N)ccc1Cl. The molecule has 0 bridgehead atoms. The van der Waals surface area contributed by atoms with Gasteiger partial charge in [0.05, 0.1) is 22.3 Å². The maximum Gasteiger partial charge on any atom is 0.171 e. The Bertz CT molecular complexity index is 437. The third kappa shape index (κ3) is 3.69. The smallest absolute Gasteiger partial charge is 0.171 e. The summed E-state index contributed by atoms with van der Waals surface area (Å²) >= 11 is 11.1. The molecule has 0 spiro atoms. The number of nitriles is 1. The van der Waals surface area contributed by atoms with E-state index in [1.165, 1.54) is 0 Å². The second kappa shape index (κ2) is 5.69. The molecule has 0 aliphatic heterocycles. The molecule has 84 valence electrons. The largest absolute Gasteiger partial charge is 0.360 e. The van der Waals surface area contributed by atoms with Crippen LogP contribution in [0, 0.1) is 11.3 Å². The maximum atomic E-state index is 8.76. The number of nitrogens with zero attached hydrogens (tertiary/aromatic N) is 1. The van der Waals surface area contributed by atoms with Crippen LogP contribution in [0.15, 0.2) is 18.2 Å². The van der Waals surface area contributed by atoms with Crippen molar-refractivity contribution in [3.63, 3.8) is 0 Å². The molecule has 0 heterocycles. The highest BCUT2D eigenvalue weighted by Gasteiger charge is 2.04. The fraction of sp³-hybridized carbons (Fsp3) is 0.273. The Labute approximate surface area is 105 Å². The zero-order valence-electron chi connectivity index (χ0n) is 9.04. The van der Waals surface area contributed by atoms with Gasteiger partial charge in [-0.1, -0.05) is 11.6 Å². The molecule has 16 heavy (non-hydrogen) atoms. The first-order valence-electron chi connectivity index (χ1n) is 4.80. The van der Waals surface area contributed by atoms with Gasteiger partial charge in [-0.2, -0.15) is 5.26 Å². The van der Waals surface area contributed by atoms with Crippen LogP contribution < -0.4 is 10.6 Å². The van der Waals surface area contributed by atoms with Gasteiger partial charge in [-0.15, -0.1) is 0 Å². The van der Waals surface area contributed by atoms with Crippen LogP contribution >= 0.6 is 23.8 Å². The second-order valence-electron chi connectivity index (χ2n) is 3.56. The molecule has 1 rings (SSSR count). The Morgan fingerprint density at radius 1 is 1.50 bits per heavy atom. The third-order valence-electron chi connectivity index (χ3n) is 1.76. The number of hydrogen-bond acceptors (Lipinski definition) is 2. The van der Waals surface area contributed by atoms with Crippen molar-refractivity contribution in [2.45, 2.75) is 19.9 Å². The summed E-state index contributed by atoms with van der Waals surface area (Å²) in [7, 11) is 0. The van der Waals surface area contributed by atoms with Crippen molar-refractivity contribution < 1.29 is 0 Å². The second-order valence-corrected chi connectivity index (χ2v) is 4.38. The average molecular weight is 254 g/mol. The van der Waals surface area contributed by atoms with Crippen molar-refractivity contribution >= 4 is 34.6 Å². The average Bonchev–Trinajstić information content (AvgIpc) is 2.20. The molecular weight excluding hydrogens is 242 g/mol. The molecule has 1 aromatic carbocycles. The monoisotopic (exact) mass is 253 g/mol. The van der Waals surface area contributed by atoms with E-state index < -0.39 is 0 Å². The summed E-state index contributed by atoms with van der Waals surface area (Å²) in [4.78, 5) is 0. The lowest BCUT2D eigenvalue weighted by molar-refractivity contribution is 0.739. The number of rotatable bonds is 2. The Morgan fingerprint density at radius 2 is 2.19 bits per heavy atom. The van der Waals surface area contributed by atoms with Crippen LogP contribution in [-0.2, 0) is 0 Å². The number of hydrogen-bond donors (Lipinski definition) is 2. The summed E-state index contributed by atoms with van der Waals surface area (Å²) < 4.78 is 0. The molecule has 0 saturated heterocycles. The minimum atomic E-state index is 0.248. The minimum Gasteiger partial charge on any atom is -0.360 e. The first-order chi connectivity index (χ1) is 7.52. The predicted octanol–water partition coefficient (Wildman–Crippen LogP) is 2.91. The van der Waals surface area contributed by atoms with E-state index in [1.807, 2.05) is 19.9 Å². The van der Waals surface area contributed by atoms with Gasteiger partial charge in [0.1, 0.15) is 0 Å². The molecule has 2 N–H and O–H groups in total. The molecule has 0 unspecified atom stereocenters. The van der Waals surface area contributed by atoms with Crippen molar-refractivity contribution in [3.8, 4) is 6.07 Å². The van der Waals surface area contributed by atoms with E-state index in [1.54, 1.807) is 18.2 Å². The lowest BCUT2D eigenvalue weighted by Crippen LogP contribution is -2.33. The van der Waals surface area contributed by atoms with Gasteiger partial charge in [0.2, 0.25) is 0 Å². The van der Waals surface area contributed by atoms with Gasteiger partial charge in [-0.25, -0.2) is 0 Å². The summed E-state index contributed by atoms with van der Waals surface area (Å²) in [5.74, 6) is 0. The van der Waals surface area contributed by atoms with Gasteiger partial charge in [0.25, 0.3) is 0 Å². The van der Waals surface area contributed by atoms with E-state index in [0.717, 1.165) is 0 Å². The van der Waals surface area contributed by atoms with Gasteiger partial charge < -0.3 is 10.6 Å². The minimum absolute atomic E-state index is 0.248. The van der Waals surface area contributed by atoms with Gasteiger partial charge in [0.15, 0.2) is 5.11 Å². The van der Waals surface area contributed by atoms with Gasteiger partial charge in [-0.05, 0) is 44.3 Å². The highest BCUT2D eigenvalue weighted by atomic mass is 35.5. The first-order valence-corrected chi connectivity index (χ1v) is 5.58. The summed E-state index contributed by atoms with van der Waals surface area (Å²) in [5, 5.41) is 15.8. The summed E-state index contributed by atoms with van der Waals surface area (Å²) in [5.41, 5.74) is 1.18. The van der Waals surface area contributed by atoms with Crippen LogP contribution in [0.1, 0.15) is 19.4 Å². The molecule has 3 nitrogen and oxygen atoms in total. The molecule has 0 fully saturated rings. The normalized spacial score (nSPS) is 9.69. The topological polar surface area (TPSA) is 47.8 Å². The zero-order valence-corrected chi connectivity index (χ0v) is 10.6. The molecular formula is C11H12ClN3S. The van der Waals surface area contributed by atoms with Gasteiger partial charge in [0, 0.05) is 6.04 Å². The van der Waals surface area contributed by atoms with Crippen molar-refractivity contribution in [2.24, 2.45) is 0 Å². The van der Waals surface area contributed by atoms with E-state index in [0.29, 0.717) is 21.4 Å². The van der Waals surface area contributed by atoms with E-state index in [9.17, 15) is 0 Å². The lowest BCUT2D eigenvalue weighted by Gasteiger charge is -2.14. The van der Waals surface area contributed by atoms with Crippen molar-refractivity contribution in [2.75, 3.05) is 5.32 Å². The van der Waals surface area contributed by atoms with E-state index in [-0.39, 0.29) is 6.04 Å². The fourth-order valence-electron chi connectivity index (χ4n) is 1.11. The summed E-state index contributed by atoms with van der Waals surface area (Å²) in [6, 6.07) is 7.28. The summed E-state index contributed by atoms with van der Waals surface area (Å²) in [6.07, 6.45) is 0. The standard InChI is InChI=1S/C11H12ClN3S/c1-7(2)14-11(16)15-10-5-8(6-13)3-4-9(10)12/h3-5,7H,1-2H3,(H2,14,15,16). The van der Waals surface area contributed by atoms with Crippen LogP contribution in [0.25, 0.3) is 0 Å². The Balaban J connectivity index is 2.81. The molecule has 1 aromatic rings. The molecule has 0 saturated carbocycles. The van der Waals surface area contributed by atoms with Crippen LogP contribution in [0.2, 0.25) is 5.02 Å². The number of anilines is 1. The Morgan fingerprint density at radius 3 is 2.75 bits per heavy atom. The maximum absolute atomic E-state index is 8.76. The van der Waals surface area contributed by atoms with Gasteiger partial charge >= 0.3 is 0 Å². The quantitative estimate of drug-likeness (QED) is 0.796. The number of thiocarbonyl (C=S) groups is 1. The van der Waals surface area contributed by atoms with Crippen LogP contribution in [0.4, 0.5) is 5.69 Å². The molecule has 5 heteroatoms. The van der Waals surface area contributed by atoms with E-state index in [2.05, 4.69) is 10.6 Å². The first kappa shape index (κ1) is 12.8. The van der Waals surface area contributed by atoms with Crippen molar-refractivity contribution in [1.29, 1.82) is 5.26 Å². The number of benzene rings is 1. The Hall–Kier alpha value is -1.31.